The van der Waals surface area contributed by atoms with Crippen molar-refractivity contribution in [1.82, 2.24) is 14.9 Å². The SMILES string of the molecule is CCNC(=O)NC1(CCOC)CCN(S(=O)(=O)c2ccc3c(c2)CCC3)CC1. The Kier molecular flexibility index (Phi) is 6.62. The molecular formula is C20H31N3O4S. The number of carbonyl (C=O) groups is 1. The highest BCUT2D eigenvalue weighted by molar-refractivity contribution is 7.89. The van der Waals surface area contributed by atoms with Crippen LogP contribution in [0.2, 0.25) is 0 Å². The fourth-order valence-corrected chi connectivity index (χ4v) is 5.69. The topological polar surface area (TPSA) is 87.7 Å². The lowest BCUT2D eigenvalue weighted by Crippen LogP contribution is -2.58. The molecule has 28 heavy (non-hydrogen) atoms. The fraction of sp³-hybridized carbons (Fsp3) is 0.650. The molecule has 156 valence electrons. The van der Waals surface area contributed by atoms with Crippen LogP contribution < -0.4 is 10.6 Å². The maximum atomic E-state index is 13.1. The molecule has 1 heterocycles. The van der Waals surface area contributed by atoms with Gasteiger partial charge in [0.2, 0.25) is 10.0 Å². The maximum Gasteiger partial charge on any atom is 0.315 e. The van der Waals surface area contributed by atoms with Gasteiger partial charge in [0.15, 0.2) is 0 Å². The van der Waals surface area contributed by atoms with Crippen LogP contribution >= 0.6 is 0 Å². The van der Waals surface area contributed by atoms with E-state index in [1.54, 1.807) is 17.5 Å². The van der Waals surface area contributed by atoms with Crippen molar-refractivity contribution in [2.24, 2.45) is 0 Å². The summed E-state index contributed by atoms with van der Waals surface area (Å²) in [6.45, 7) is 3.70. The number of sulfonamides is 1. The first-order valence-corrected chi connectivity index (χ1v) is 11.5. The highest BCUT2D eigenvalue weighted by Gasteiger charge is 2.39. The van der Waals surface area contributed by atoms with E-state index >= 15 is 0 Å². The summed E-state index contributed by atoms with van der Waals surface area (Å²) in [4.78, 5) is 12.5. The van der Waals surface area contributed by atoms with E-state index in [1.807, 2.05) is 19.1 Å². The smallest absolute Gasteiger partial charge is 0.315 e. The predicted octanol–water partition coefficient (Wildman–Crippen LogP) is 2.05. The van der Waals surface area contributed by atoms with Crippen LogP contribution in [0.1, 0.15) is 43.7 Å². The van der Waals surface area contributed by atoms with Crippen molar-refractivity contribution < 1.29 is 17.9 Å². The quantitative estimate of drug-likeness (QED) is 0.722. The Hall–Kier alpha value is -1.64. The molecule has 7 nitrogen and oxygen atoms in total. The monoisotopic (exact) mass is 409 g/mol. The van der Waals surface area contributed by atoms with E-state index in [0.29, 0.717) is 50.4 Å². The van der Waals surface area contributed by atoms with Gasteiger partial charge in [-0.25, -0.2) is 13.2 Å². The number of urea groups is 1. The van der Waals surface area contributed by atoms with E-state index in [0.717, 1.165) is 24.8 Å². The van der Waals surface area contributed by atoms with Gasteiger partial charge < -0.3 is 15.4 Å². The first kappa shape index (κ1) is 21.1. The Labute approximate surface area is 167 Å². The molecule has 1 aromatic rings. The van der Waals surface area contributed by atoms with Gasteiger partial charge in [-0.05, 0) is 68.7 Å². The van der Waals surface area contributed by atoms with Crippen LogP contribution in [-0.4, -0.2) is 57.6 Å². The number of fused-ring (bicyclic) bond motifs is 1. The van der Waals surface area contributed by atoms with Crippen molar-refractivity contribution in [3.63, 3.8) is 0 Å². The zero-order chi connectivity index (χ0) is 20.2. The van der Waals surface area contributed by atoms with Crippen molar-refractivity contribution in [3.8, 4) is 0 Å². The van der Waals surface area contributed by atoms with Crippen LogP contribution in [0.3, 0.4) is 0 Å². The molecule has 0 saturated carbocycles. The fourth-order valence-electron chi connectivity index (χ4n) is 4.19. The first-order valence-electron chi connectivity index (χ1n) is 10.1. The van der Waals surface area contributed by atoms with Gasteiger partial charge in [0, 0.05) is 38.9 Å². The van der Waals surface area contributed by atoms with E-state index in [1.165, 1.54) is 5.56 Å². The molecule has 2 N–H and O–H groups in total. The van der Waals surface area contributed by atoms with Gasteiger partial charge in [0.1, 0.15) is 0 Å². The minimum Gasteiger partial charge on any atom is -0.385 e. The second kappa shape index (κ2) is 8.80. The van der Waals surface area contributed by atoms with Gasteiger partial charge >= 0.3 is 6.03 Å². The lowest BCUT2D eigenvalue weighted by molar-refractivity contribution is 0.122. The molecule has 1 aromatic carbocycles. The first-order chi connectivity index (χ1) is 13.4. The molecule has 0 aromatic heterocycles. The van der Waals surface area contributed by atoms with Gasteiger partial charge in [-0.2, -0.15) is 4.31 Å². The minimum atomic E-state index is -3.52. The molecule has 0 spiro atoms. The Bertz CT molecular complexity index is 802. The third-order valence-electron chi connectivity index (χ3n) is 5.89. The minimum absolute atomic E-state index is 0.214. The molecule has 8 heteroatoms. The summed E-state index contributed by atoms with van der Waals surface area (Å²) in [7, 11) is -1.89. The highest BCUT2D eigenvalue weighted by Crippen LogP contribution is 2.31. The lowest BCUT2D eigenvalue weighted by Gasteiger charge is -2.41. The second-order valence-electron chi connectivity index (χ2n) is 7.70. The van der Waals surface area contributed by atoms with Gasteiger partial charge in [-0.15, -0.1) is 0 Å². The van der Waals surface area contributed by atoms with E-state index < -0.39 is 15.6 Å². The number of amides is 2. The number of carbonyl (C=O) groups excluding carboxylic acids is 1. The molecule has 1 saturated heterocycles. The molecule has 1 fully saturated rings. The molecule has 1 aliphatic heterocycles. The van der Waals surface area contributed by atoms with E-state index in [9.17, 15) is 13.2 Å². The standard InChI is InChI=1S/C20H31N3O4S/c1-3-21-19(24)22-20(11-14-27-2)9-12-23(13-10-20)28(25,26)18-8-7-16-5-4-6-17(16)15-18/h7-8,15H,3-6,9-14H2,1-2H3,(H2,21,22,24). The Morgan fingerprint density at radius 1 is 1.21 bits per heavy atom. The summed E-state index contributed by atoms with van der Waals surface area (Å²) in [5.41, 5.74) is 1.98. The van der Waals surface area contributed by atoms with Gasteiger partial charge in [0.25, 0.3) is 0 Å². The van der Waals surface area contributed by atoms with E-state index in [-0.39, 0.29) is 6.03 Å². The van der Waals surface area contributed by atoms with Crippen LogP contribution in [0.5, 0.6) is 0 Å². The number of hydrogen-bond donors (Lipinski definition) is 2. The number of methoxy groups -OCH3 is 1. The molecule has 0 unspecified atom stereocenters. The summed E-state index contributed by atoms with van der Waals surface area (Å²) < 4.78 is 33.0. The number of hydrogen-bond acceptors (Lipinski definition) is 4. The maximum absolute atomic E-state index is 13.1. The van der Waals surface area contributed by atoms with Crippen molar-refractivity contribution >= 4 is 16.1 Å². The normalized spacial score (nSPS) is 19.2. The number of benzene rings is 1. The van der Waals surface area contributed by atoms with Gasteiger partial charge in [0.05, 0.1) is 4.90 Å². The zero-order valence-corrected chi connectivity index (χ0v) is 17.6. The number of ether oxygens (including phenoxy) is 1. The molecule has 0 bridgehead atoms. The third kappa shape index (κ3) is 4.50. The van der Waals surface area contributed by atoms with Crippen molar-refractivity contribution in [2.45, 2.75) is 55.9 Å². The summed E-state index contributed by atoms with van der Waals surface area (Å²) >= 11 is 0. The van der Waals surface area contributed by atoms with Gasteiger partial charge in [-0.1, -0.05) is 6.07 Å². The molecular weight excluding hydrogens is 378 g/mol. The van der Waals surface area contributed by atoms with Crippen LogP contribution in [-0.2, 0) is 27.6 Å². The second-order valence-corrected chi connectivity index (χ2v) is 9.63. The number of piperidine rings is 1. The number of rotatable bonds is 7. The molecule has 0 atom stereocenters. The summed E-state index contributed by atoms with van der Waals surface area (Å²) in [5, 5.41) is 5.82. The summed E-state index contributed by atoms with van der Waals surface area (Å²) in [6, 6.07) is 5.32. The Balaban J connectivity index is 1.71. The average Bonchev–Trinajstić information content (AvgIpc) is 3.15. The number of nitrogens with one attached hydrogen (secondary N) is 2. The summed E-state index contributed by atoms with van der Waals surface area (Å²) in [6.07, 6.45) is 4.88. The van der Waals surface area contributed by atoms with E-state index in [2.05, 4.69) is 10.6 Å². The molecule has 2 amide bonds. The molecule has 1 aliphatic carbocycles. The Morgan fingerprint density at radius 2 is 1.93 bits per heavy atom. The Morgan fingerprint density at radius 3 is 2.61 bits per heavy atom. The molecule has 3 rings (SSSR count). The third-order valence-corrected chi connectivity index (χ3v) is 7.78. The molecule has 2 aliphatic rings. The van der Waals surface area contributed by atoms with Crippen LogP contribution in [0.15, 0.2) is 23.1 Å². The number of nitrogens with zero attached hydrogens (tertiary/aromatic N) is 1. The lowest BCUT2D eigenvalue weighted by atomic mass is 9.85. The van der Waals surface area contributed by atoms with Crippen LogP contribution in [0.4, 0.5) is 4.79 Å². The predicted molar refractivity (Wildman–Crippen MR) is 108 cm³/mol. The average molecular weight is 410 g/mol. The number of aryl methyl sites for hydroxylation is 2. The van der Waals surface area contributed by atoms with Crippen molar-refractivity contribution in [3.05, 3.63) is 29.3 Å². The largest absolute Gasteiger partial charge is 0.385 e. The van der Waals surface area contributed by atoms with Crippen molar-refractivity contribution in [1.29, 1.82) is 0 Å². The van der Waals surface area contributed by atoms with Gasteiger partial charge in [-0.3, -0.25) is 0 Å². The highest BCUT2D eigenvalue weighted by atomic mass is 32.2. The van der Waals surface area contributed by atoms with Crippen molar-refractivity contribution in [2.75, 3.05) is 33.4 Å². The molecule has 0 radical (unpaired) electrons. The van der Waals surface area contributed by atoms with E-state index in [4.69, 9.17) is 4.74 Å². The summed E-state index contributed by atoms with van der Waals surface area (Å²) in [5.74, 6) is 0. The van der Waals surface area contributed by atoms with Crippen LogP contribution in [0.25, 0.3) is 0 Å². The van der Waals surface area contributed by atoms with Crippen LogP contribution in [0, 0.1) is 0 Å². The zero-order valence-electron chi connectivity index (χ0n) is 16.8.